The molecule has 3 aliphatic rings. The average Bonchev–Trinajstić information content (AvgIpc) is 3.42. The first-order chi connectivity index (χ1) is 15.5. The molecular formula is C25H26F2N2O3. The second kappa shape index (κ2) is 8.62. The number of fused-ring (bicyclic) bond motifs is 1. The van der Waals surface area contributed by atoms with Gasteiger partial charge in [-0.25, -0.2) is 13.8 Å². The number of carbonyl (C=O) groups excluding carboxylic acids is 2. The Hall–Kier alpha value is -2.80. The van der Waals surface area contributed by atoms with Gasteiger partial charge in [-0.3, -0.25) is 14.4 Å². The molecule has 1 saturated carbocycles. The molecule has 168 valence electrons. The van der Waals surface area contributed by atoms with Gasteiger partial charge in [0.1, 0.15) is 11.6 Å². The van der Waals surface area contributed by atoms with Crippen molar-refractivity contribution in [3.05, 3.63) is 70.3 Å². The number of amides is 2. The minimum Gasteiger partial charge on any atom is -0.348 e. The summed E-state index contributed by atoms with van der Waals surface area (Å²) < 4.78 is 27.6. The lowest BCUT2D eigenvalue weighted by Gasteiger charge is -2.32. The Morgan fingerprint density at radius 2 is 1.81 bits per heavy atom. The first-order valence-electron chi connectivity index (χ1n) is 11.3. The predicted molar refractivity (Wildman–Crippen MR) is 113 cm³/mol. The van der Waals surface area contributed by atoms with Crippen LogP contribution in [0.15, 0.2) is 36.4 Å². The van der Waals surface area contributed by atoms with Crippen molar-refractivity contribution in [2.24, 2.45) is 11.8 Å². The van der Waals surface area contributed by atoms with Gasteiger partial charge in [-0.2, -0.15) is 0 Å². The molecule has 1 N–H and O–H groups in total. The summed E-state index contributed by atoms with van der Waals surface area (Å²) in [6.45, 7) is 0.728. The minimum atomic E-state index is -0.322. The van der Waals surface area contributed by atoms with Crippen molar-refractivity contribution in [3.8, 4) is 0 Å². The highest BCUT2D eigenvalue weighted by Gasteiger charge is 2.37. The molecule has 0 spiro atoms. The molecule has 1 saturated heterocycles. The van der Waals surface area contributed by atoms with Gasteiger partial charge in [-0.05, 0) is 73.4 Å². The molecular weight excluding hydrogens is 414 g/mol. The van der Waals surface area contributed by atoms with E-state index in [4.69, 9.17) is 4.84 Å². The van der Waals surface area contributed by atoms with E-state index in [2.05, 4.69) is 5.32 Å². The van der Waals surface area contributed by atoms with Gasteiger partial charge in [0.2, 0.25) is 5.91 Å². The van der Waals surface area contributed by atoms with E-state index in [1.54, 1.807) is 18.2 Å². The maximum Gasteiger partial charge on any atom is 0.252 e. The Morgan fingerprint density at radius 3 is 2.56 bits per heavy atom. The molecule has 5 nitrogen and oxygen atoms in total. The first kappa shape index (κ1) is 21.1. The van der Waals surface area contributed by atoms with Crippen LogP contribution in [0.1, 0.15) is 65.2 Å². The summed E-state index contributed by atoms with van der Waals surface area (Å²) in [6, 6.07) is 9.41. The zero-order chi connectivity index (χ0) is 22.2. The molecule has 2 heterocycles. The third-order valence-corrected chi connectivity index (χ3v) is 7.02. The van der Waals surface area contributed by atoms with E-state index in [0.717, 1.165) is 36.8 Å². The van der Waals surface area contributed by atoms with Crippen molar-refractivity contribution < 1.29 is 23.2 Å². The maximum absolute atomic E-state index is 14.3. The molecule has 5 rings (SSSR count). The Bertz CT molecular complexity index is 1030. The van der Waals surface area contributed by atoms with Crippen LogP contribution in [0, 0.1) is 23.5 Å². The van der Waals surface area contributed by atoms with Gasteiger partial charge in [-0.15, -0.1) is 0 Å². The van der Waals surface area contributed by atoms with Gasteiger partial charge in [0.25, 0.3) is 5.91 Å². The largest absolute Gasteiger partial charge is 0.348 e. The lowest BCUT2D eigenvalue weighted by atomic mass is 9.78. The highest BCUT2D eigenvalue weighted by molar-refractivity contribution is 5.98. The zero-order valence-electron chi connectivity index (χ0n) is 17.8. The predicted octanol–water partition coefficient (Wildman–Crippen LogP) is 4.46. The van der Waals surface area contributed by atoms with Gasteiger partial charge >= 0.3 is 0 Å². The molecule has 2 aromatic rings. The van der Waals surface area contributed by atoms with Crippen molar-refractivity contribution >= 4 is 11.8 Å². The number of benzene rings is 2. The van der Waals surface area contributed by atoms with Crippen molar-refractivity contribution in [2.75, 3.05) is 6.61 Å². The highest BCUT2D eigenvalue weighted by atomic mass is 19.1. The van der Waals surface area contributed by atoms with E-state index in [-0.39, 0.29) is 42.0 Å². The second-order valence-electron chi connectivity index (χ2n) is 9.06. The number of hydrogen-bond acceptors (Lipinski definition) is 3. The lowest BCUT2D eigenvalue weighted by Crippen LogP contribution is -2.36. The van der Waals surface area contributed by atoms with Crippen LogP contribution >= 0.6 is 0 Å². The first-order valence-corrected chi connectivity index (χ1v) is 11.3. The molecule has 1 aliphatic carbocycles. The molecule has 1 atom stereocenters. The summed E-state index contributed by atoms with van der Waals surface area (Å²) in [6.07, 6.45) is 4.66. The summed E-state index contributed by atoms with van der Waals surface area (Å²) >= 11 is 0. The fourth-order valence-electron chi connectivity index (χ4n) is 5.26. The monoisotopic (exact) mass is 440 g/mol. The summed E-state index contributed by atoms with van der Waals surface area (Å²) in [5, 5.41) is 4.16. The molecule has 0 aromatic heterocycles. The van der Waals surface area contributed by atoms with Crippen LogP contribution in [0.2, 0.25) is 0 Å². The van der Waals surface area contributed by atoms with E-state index in [0.29, 0.717) is 36.5 Å². The van der Waals surface area contributed by atoms with Crippen molar-refractivity contribution in [2.45, 2.75) is 51.1 Å². The lowest BCUT2D eigenvalue weighted by molar-refractivity contribution is -0.183. The van der Waals surface area contributed by atoms with Gasteiger partial charge in [0.05, 0.1) is 12.6 Å². The molecule has 32 heavy (non-hydrogen) atoms. The van der Waals surface area contributed by atoms with Crippen LogP contribution in [-0.2, 0) is 22.6 Å². The summed E-state index contributed by atoms with van der Waals surface area (Å²) in [7, 11) is 0. The number of halogens is 2. The third-order valence-electron chi connectivity index (χ3n) is 7.02. The topological polar surface area (TPSA) is 58.6 Å². The number of nitrogens with zero attached hydrogens (tertiary/aromatic N) is 1. The summed E-state index contributed by atoms with van der Waals surface area (Å²) in [5.41, 5.74) is 2.62. The van der Waals surface area contributed by atoms with Crippen molar-refractivity contribution in [1.82, 2.24) is 10.4 Å². The van der Waals surface area contributed by atoms with E-state index >= 15 is 0 Å². The number of nitrogens with one attached hydrogen (secondary N) is 1. The van der Waals surface area contributed by atoms with Crippen LogP contribution in [0.5, 0.6) is 0 Å². The Morgan fingerprint density at radius 1 is 1.06 bits per heavy atom. The number of hydroxylamine groups is 2. The number of hydrogen-bond donors (Lipinski definition) is 1. The van der Waals surface area contributed by atoms with Gasteiger partial charge in [0, 0.05) is 30.0 Å². The van der Waals surface area contributed by atoms with E-state index in [1.165, 1.54) is 17.2 Å². The standard InChI is InChI=1S/C25H26F2N2O3/c26-19-7-5-17(6-8-19)23-9-10-32-29(23)25(31)18-3-1-15(2-4-18)11-16-12-20-21(22(27)13-16)14-28-24(20)30/h5-8,12-13,15,18,23H,1-4,9-11,14H2,(H,28,30)/t15-,18-,23-/m0/s1. The molecule has 2 fully saturated rings. The van der Waals surface area contributed by atoms with Crippen LogP contribution in [0.25, 0.3) is 0 Å². The van der Waals surface area contributed by atoms with Gasteiger partial charge in [-0.1, -0.05) is 12.1 Å². The summed E-state index contributed by atoms with van der Waals surface area (Å²) in [5.74, 6) is -0.583. The maximum atomic E-state index is 14.3. The van der Waals surface area contributed by atoms with Crippen LogP contribution in [0.4, 0.5) is 8.78 Å². The molecule has 2 aromatic carbocycles. The minimum absolute atomic E-state index is 0.00415. The number of carbonyl (C=O) groups is 2. The SMILES string of the molecule is O=C1NCc2c(F)cc(C[C@H]3CC[C@H](C(=O)N4OCC[C@H]4c4ccc(F)cc4)CC3)cc21. The number of rotatable bonds is 4. The van der Waals surface area contributed by atoms with Gasteiger partial charge < -0.3 is 5.32 Å². The Labute approximate surface area is 185 Å². The fourth-order valence-corrected chi connectivity index (χ4v) is 5.26. The molecule has 7 heteroatoms. The zero-order valence-corrected chi connectivity index (χ0v) is 17.8. The fraction of sp³-hybridized carbons (Fsp3) is 0.440. The van der Waals surface area contributed by atoms with Crippen molar-refractivity contribution in [1.29, 1.82) is 0 Å². The van der Waals surface area contributed by atoms with Crippen LogP contribution < -0.4 is 5.32 Å². The van der Waals surface area contributed by atoms with Crippen LogP contribution in [0.3, 0.4) is 0 Å². The second-order valence-corrected chi connectivity index (χ2v) is 9.06. The van der Waals surface area contributed by atoms with E-state index < -0.39 is 0 Å². The van der Waals surface area contributed by atoms with Crippen molar-refractivity contribution in [3.63, 3.8) is 0 Å². The molecule has 0 unspecified atom stereocenters. The summed E-state index contributed by atoms with van der Waals surface area (Å²) in [4.78, 5) is 30.7. The Kier molecular flexibility index (Phi) is 5.67. The average molecular weight is 440 g/mol. The smallest absolute Gasteiger partial charge is 0.252 e. The molecule has 2 aliphatic heterocycles. The molecule has 0 bridgehead atoms. The Balaban J connectivity index is 1.20. The third kappa shape index (κ3) is 4.01. The van der Waals surface area contributed by atoms with E-state index in [1.807, 2.05) is 6.07 Å². The van der Waals surface area contributed by atoms with E-state index in [9.17, 15) is 18.4 Å². The quantitative estimate of drug-likeness (QED) is 0.764. The molecule has 2 amide bonds. The highest BCUT2D eigenvalue weighted by Crippen LogP contribution is 2.37. The normalized spacial score (nSPS) is 25.0. The molecule has 0 radical (unpaired) electrons. The van der Waals surface area contributed by atoms with Crippen LogP contribution in [-0.4, -0.2) is 23.5 Å². The van der Waals surface area contributed by atoms with Gasteiger partial charge in [0.15, 0.2) is 0 Å².